The van der Waals surface area contributed by atoms with E-state index in [4.69, 9.17) is 0 Å². The third-order valence-electron chi connectivity index (χ3n) is 3.66. The summed E-state index contributed by atoms with van der Waals surface area (Å²) in [7, 11) is 1.59. The molecule has 0 heterocycles. The molecular weight excluding hydrogens is 314 g/mol. The van der Waals surface area contributed by atoms with Crippen LogP contribution in [-0.2, 0) is 4.79 Å². The zero-order chi connectivity index (χ0) is 18.3. The van der Waals surface area contributed by atoms with Gasteiger partial charge in [-0.25, -0.2) is 8.78 Å². The summed E-state index contributed by atoms with van der Waals surface area (Å²) < 4.78 is 26.8. The van der Waals surface area contributed by atoms with Crippen LogP contribution in [0.4, 0.5) is 8.78 Å². The van der Waals surface area contributed by atoms with E-state index < -0.39 is 23.1 Å². The van der Waals surface area contributed by atoms with Gasteiger partial charge in [0.1, 0.15) is 11.6 Å². The molecule has 24 heavy (non-hydrogen) atoms. The van der Waals surface area contributed by atoms with Crippen LogP contribution in [0.3, 0.4) is 0 Å². The minimum atomic E-state index is -0.627. The average Bonchev–Trinajstić information content (AvgIpc) is 2.51. The fourth-order valence-corrected chi connectivity index (χ4v) is 2.11. The predicted octanol–water partition coefficient (Wildman–Crippen LogP) is 2.35. The maximum atomic E-state index is 13.8. The summed E-state index contributed by atoms with van der Waals surface area (Å²) in [5.41, 5.74) is -0.291. The molecule has 0 radical (unpaired) electrons. The molecule has 0 spiro atoms. The highest BCUT2D eigenvalue weighted by atomic mass is 19.1. The molecule has 1 unspecified atom stereocenters. The molecule has 1 aromatic rings. The smallest absolute Gasteiger partial charge is 0.227 e. The number of hydrogen-bond acceptors (Lipinski definition) is 2. The molecule has 0 aliphatic heterocycles. The Labute approximate surface area is 141 Å². The summed E-state index contributed by atoms with van der Waals surface area (Å²) >= 11 is 0. The first-order valence-electron chi connectivity index (χ1n) is 7.91. The minimum Gasteiger partial charge on any atom is -0.356 e. The quantitative estimate of drug-likeness (QED) is 0.550. The van der Waals surface area contributed by atoms with Gasteiger partial charge >= 0.3 is 0 Å². The largest absolute Gasteiger partial charge is 0.356 e. The second-order valence-corrected chi connectivity index (χ2v) is 6.20. The summed E-state index contributed by atoms with van der Waals surface area (Å²) in [4.78, 5) is 16.1. The Morgan fingerprint density at radius 3 is 2.50 bits per heavy atom. The molecule has 0 saturated carbocycles. The molecule has 1 amide bonds. The first-order chi connectivity index (χ1) is 11.2. The molecule has 0 aliphatic rings. The summed E-state index contributed by atoms with van der Waals surface area (Å²) in [6.45, 7) is 8.18. The number of hydrogen-bond donors (Lipinski definition) is 3. The normalized spacial score (nSPS) is 13.4. The van der Waals surface area contributed by atoms with Crippen molar-refractivity contribution in [1.29, 1.82) is 0 Å². The molecule has 3 N–H and O–H groups in total. The second-order valence-electron chi connectivity index (χ2n) is 6.20. The molecule has 0 fully saturated rings. The molecule has 0 saturated heterocycles. The molecule has 7 heteroatoms. The van der Waals surface area contributed by atoms with Crippen LogP contribution in [0.1, 0.15) is 39.3 Å². The first-order valence-corrected chi connectivity index (χ1v) is 7.91. The van der Waals surface area contributed by atoms with Gasteiger partial charge in [0, 0.05) is 31.8 Å². The number of nitrogens with zero attached hydrogens (tertiary/aromatic N) is 1. The van der Waals surface area contributed by atoms with Crippen molar-refractivity contribution >= 4 is 11.9 Å². The molecule has 1 aromatic carbocycles. The fourth-order valence-electron chi connectivity index (χ4n) is 2.11. The third-order valence-corrected chi connectivity index (χ3v) is 3.66. The molecular formula is C17H26F2N4O. The van der Waals surface area contributed by atoms with Gasteiger partial charge in [-0.2, -0.15) is 0 Å². The van der Waals surface area contributed by atoms with E-state index in [1.54, 1.807) is 14.0 Å². The van der Waals surface area contributed by atoms with Crippen LogP contribution in [0.2, 0.25) is 0 Å². The highest BCUT2D eigenvalue weighted by molar-refractivity contribution is 5.84. The number of carbonyl (C=O) groups is 1. The Morgan fingerprint density at radius 2 is 1.96 bits per heavy atom. The number of nitrogens with one attached hydrogen (secondary N) is 3. The van der Waals surface area contributed by atoms with Gasteiger partial charge in [0.15, 0.2) is 5.96 Å². The topological polar surface area (TPSA) is 65.5 Å². The fraction of sp³-hybridized carbons (Fsp3) is 0.529. The number of rotatable bonds is 6. The van der Waals surface area contributed by atoms with Crippen molar-refractivity contribution in [2.45, 2.75) is 33.7 Å². The van der Waals surface area contributed by atoms with E-state index in [0.29, 0.717) is 24.6 Å². The lowest BCUT2D eigenvalue weighted by atomic mass is 9.92. The summed E-state index contributed by atoms with van der Waals surface area (Å²) in [5, 5.41) is 8.88. The van der Waals surface area contributed by atoms with E-state index in [1.807, 2.05) is 20.8 Å². The van der Waals surface area contributed by atoms with Gasteiger partial charge in [-0.05, 0) is 33.8 Å². The van der Waals surface area contributed by atoms with Gasteiger partial charge in [0.05, 0.1) is 11.5 Å². The molecule has 0 bridgehead atoms. The van der Waals surface area contributed by atoms with Gasteiger partial charge in [0.25, 0.3) is 0 Å². The Morgan fingerprint density at radius 1 is 1.29 bits per heavy atom. The van der Waals surface area contributed by atoms with Crippen molar-refractivity contribution in [1.82, 2.24) is 16.0 Å². The van der Waals surface area contributed by atoms with Crippen LogP contribution in [0, 0.1) is 17.0 Å². The van der Waals surface area contributed by atoms with Crippen LogP contribution < -0.4 is 16.0 Å². The lowest BCUT2D eigenvalue weighted by molar-refractivity contribution is -0.128. The Kier molecular flexibility index (Phi) is 7.13. The van der Waals surface area contributed by atoms with Gasteiger partial charge in [-0.1, -0.05) is 6.07 Å². The molecule has 5 nitrogen and oxygen atoms in total. The van der Waals surface area contributed by atoms with Gasteiger partial charge < -0.3 is 16.0 Å². The van der Waals surface area contributed by atoms with E-state index in [0.717, 1.165) is 6.07 Å². The standard InChI is InChI=1S/C17H26F2N4O/c1-6-21-15(24)17(3,4)10-22-16(20-5)23-11(2)13-8-7-12(18)9-14(13)19/h7-9,11H,6,10H2,1-5H3,(H,21,24)(H2,20,22,23). The number of carbonyl (C=O) groups excluding carboxylic acids is 1. The van der Waals surface area contributed by atoms with Crippen molar-refractivity contribution < 1.29 is 13.6 Å². The first kappa shape index (κ1) is 19.9. The summed E-state index contributed by atoms with van der Waals surface area (Å²) in [5.74, 6) is -0.864. The van der Waals surface area contributed by atoms with Crippen LogP contribution in [-0.4, -0.2) is 32.0 Å². The Hall–Kier alpha value is -2.18. The number of halogens is 2. The zero-order valence-electron chi connectivity index (χ0n) is 14.8. The van der Waals surface area contributed by atoms with Crippen LogP contribution in [0.25, 0.3) is 0 Å². The van der Waals surface area contributed by atoms with E-state index in [2.05, 4.69) is 20.9 Å². The van der Waals surface area contributed by atoms with Crippen molar-refractivity contribution in [3.63, 3.8) is 0 Å². The maximum Gasteiger partial charge on any atom is 0.227 e. The highest BCUT2D eigenvalue weighted by Crippen LogP contribution is 2.18. The van der Waals surface area contributed by atoms with Crippen molar-refractivity contribution in [3.8, 4) is 0 Å². The predicted molar refractivity (Wildman–Crippen MR) is 91.7 cm³/mol. The second kappa shape index (κ2) is 8.61. The molecule has 0 aromatic heterocycles. The van der Waals surface area contributed by atoms with Crippen LogP contribution in [0.5, 0.6) is 0 Å². The summed E-state index contributed by atoms with van der Waals surface area (Å²) in [6, 6.07) is 3.05. The van der Waals surface area contributed by atoms with E-state index in [1.165, 1.54) is 12.1 Å². The van der Waals surface area contributed by atoms with Gasteiger partial charge in [-0.3, -0.25) is 9.79 Å². The average molecular weight is 340 g/mol. The van der Waals surface area contributed by atoms with Crippen molar-refractivity contribution in [2.24, 2.45) is 10.4 Å². The van der Waals surface area contributed by atoms with E-state index in [-0.39, 0.29) is 5.91 Å². The van der Waals surface area contributed by atoms with E-state index >= 15 is 0 Å². The minimum absolute atomic E-state index is 0.0643. The lowest BCUT2D eigenvalue weighted by Gasteiger charge is -2.26. The van der Waals surface area contributed by atoms with Gasteiger partial charge in [-0.15, -0.1) is 0 Å². The van der Waals surface area contributed by atoms with Crippen molar-refractivity contribution in [2.75, 3.05) is 20.1 Å². The lowest BCUT2D eigenvalue weighted by Crippen LogP contribution is -2.48. The Balaban J connectivity index is 2.69. The maximum absolute atomic E-state index is 13.8. The molecule has 1 rings (SSSR count). The SMILES string of the molecule is CCNC(=O)C(C)(C)CNC(=NC)NC(C)c1ccc(F)cc1F. The van der Waals surface area contributed by atoms with Crippen LogP contribution in [0.15, 0.2) is 23.2 Å². The van der Waals surface area contributed by atoms with Gasteiger partial charge in [0.2, 0.25) is 5.91 Å². The summed E-state index contributed by atoms with van der Waals surface area (Å²) in [6.07, 6.45) is 0. The van der Waals surface area contributed by atoms with E-state index in [9.17, 15) is 13.6 Å². The Bertz CT molecular complexity index is 602. The highest BCUT2D eigenvalue weighted by Gasteiger charge is 2.27. The van der Waals surface area contributed by atoms with Crippen molar-refractivity contribution in [3.05, 3.63) is 35.4 Å². The van der Waals surface area contributed by atoms with Crippen LogP contribution >= 0.6 is 0 Å². The number of aliphatic imine (C=N–C) groups is 1. The molecule has 1 atom stereocenters. The monoisotopic (exact) mass is 340 g/mol. The third kappa shape index (κ3) is 5.47. The molecule has 0 aliphatic carbocycles. The zero-order valence-corrected chi connectivity index (χ0v) is 14.8. The number of amides is 1. The number of benzene rings is 1. The number of guanidine groups is 1. The molecule has 134 valence electrons.